The Labute approximate surface area is 145 Å². The molecule has 0 radical (unpaired) electrons. The van der Waals surface area contributed by atoms with E-state index in [1.807, 2.05) is 34.6 Å². The van der Waals surface area contributed by atoms with E-state index in [1.54, 1.807) is 14.0 Å². The quantitative estimate of drug-likeness (QED) is 0.703. The third-order valence-corrected chi connectivity index (χ3v) is 3.98. The van der Waals surface area contributed by atoms with Gasteiger partial charge in [0.15, 0.2) is 0 Å². The predicted molar refractivity (Wildman–Crippen MR) is 93.5 cm³/mol. The molecule has 0 spiro atoms. The highest BCUT2D eigenvalue weighted by Gasteiger charge is 2.34. The molecule has 7 heteroatoms. The number of amides is 3. The molecular weight excluding hydrogens is 310 g/mol. The zero-order valence-electron chi connectivity index (χ0n) is 16.2. The molecule has 2 N–H and O–H groups in total. The lowest BCUT2D eigenvalue weighted by Gasteiger charge is -2.32. The van der Waals surface area contributed by atoms with Crippen LogP contribution in [0.3, 0.4) is 0 Å². The number of nitrogens with one attached hydrogen (secondary N) is 2. The Kier molecular flexibility index (Phi) is 9.40. The highest BCUT2D eigenvalue weighted by atomic mass is 16.6. The summed E-state index contributed by atoms with van der Waals surface area (Å²) in [5.41, 5.74) is 0. The monoisotopic (exact) mass is 343 g/mol. The van der Waals surface area contributed by atoms with Gasteiger partial charge in [0, 0.05) is 14.1 Å². The molecule has 3 atom stereocenters. The number of carbonyl (C=O) groups is 3. The zero-order chi connectivity index (χ0) is 19.0. The lowest BCUT2D eigenvalue weighted by molar-refractivity contribution is -0.133. The summed E-state index contributed by atoms with van der Waals surface area (Å²) in [5, 5.41) is 5.30. The molecule has 0 rings (SSSR count). The van der Waals surface area contributed by atoms with Gasteiger partial charge in [-0.1, -0.05) is 34.6 Å². The van der Waals surface area contributed by atoms with Crippen LogP contribution < -0.4 is 10.6 Å². The smallest absolute Gasteiger partial charge is 0.410 e. The zero-order valence-corrected chi connectivity index (χ0v) is 16.2. The van der Waals surface area contributed by atoms with Gasteiger partial charge in [-0.25, -0.2) is 4.79 Å². The van der Waals surface area contributed by atoms with Crippen molar-refractivity contribution in [3.05, 3.63) is 0 Å². The fraction of sp³-hybridized carbons (Fsp3) is 0.824. The van der Waals surface area contributed by atoms with Crippen molar-refractivity contribution in [1.29, 1.82) is 0 Å². The lowest BCUT2D eigenvalue weighted by Crippen LogP contribution is -2.57. The minimum absolute atomic E-state index is 0.0703. The maximum Gasteiger partial charge on any atom is 0.410 e. The van der Waals surface area contributed by atoms with E-state index in [1.165, 1.54) is 11.9 Å². The Morgan fingerprint density at radius 1 is 1.00 bits per heavy atom. The molecule has 0 bridgehead atoms. The lowest BCUT2D eigenvalue weighted by atomic mass is 9.99. The van der Waals surface area contributed by atoms with Crippen LogP contribution in [0.5, 0.6) is 0 Å². The first-order valence-corrected chi connectivity index (χ1v) is 8.52. The highest BCUT2D eigenvalue weighted by molar-refractivity contribution is 5.91. The molecule has 0 aliphatic heterocycles. The Hall–Kier alpha value is -1.79. The second kappa shape index (κ2) is 10.2. The summed E-state index contributed by atoms with van der Waals surface area (Å²) in [7, 11) is 3.07. The standard InChI is InChI=1S/C17H33N3O4/c1-9-12(6)24-17(23)20(8)14(11(4)5)16(22)19-13(10(2)3)15(21)18-7/h10-14H,9H2,1-8H3,(H,18,21)(H,19,22)/t12-,13+,14+/m1/s1. The molecule has 0 aliphatic rings. The van der Waals surface area contributed by atoms with Gasteiger partial charge in [0.2, 0.25) is 11.8 Å². The van der Waals surface area contributed by atoms with Crippen LogP contribution in [0.2, 0.25) is 0 Å². The van der Waals surface area contributed by atoms with Crippen molar-refractivity contribution in [3.8, 4) is 0 Å². The molecule has 7 nitrogen and oxygen atoms in total. The first-order chi connectivity index (χ1) is 11.1. The van der Waals surface area contributed by atoms with Gasteiger partial charge in [-0.15, -0.1) is 0 Å². The number of hydrogen-bond acceptors (Lipinski definition) is 4. The Morgan fingerprint density at radius 2 is 1.54 bits per heavy atom. The minimum Gasteiger partial charge on any atom is -0.446 e. The largest absolute Gasteiger partial charge is 0.446 e. The third kappa shape index (κ3) is 6.37. The maximum atomic E-state index is 12.7. The van der Waals surface area contributed by atoms with E-state index < -0.39 is 18.2 Å². The highest BCUT2D eigenvalue weighted by Crippen LogP contribution is 2.14. The van der Waals surface area contributed by atoms with Gasteiger partial charge in [-0.05, 0) is 25.2 Å². The summed E-state index contributed by atoms with van der Waals surface area (Å²) in [6.07, 6.45) is -0.0612. The van der Waals surface area contributed by atoms with E-state index in [2.05, 4.69) is 10.6 Å². The van der Waals surface area contributed by atoms with Gasteiger partial charge in [0.25, 0.3) is 0 Å². The number of rotatable bonds is 8. The molecule has 0 aromatic rings. The van der Waals surface area contributed by atoms with E-state index >= 15 is 0 Å². The SMILES string of the molecule is CC[C@@H](C)OC(=O)N(C)[C@H](C(=O)N[C@H](C(=O)NC)C(C)C)C(C)C. The summed E-state index contributed by atoms with van der Waals surface area (Å²) < 4.78 is 5.29. The van der Waals surface area contributed by atoms with Crippen LogP contribution in [0.1, 0.15) is 48.0 Å². The van der Waals surface area contributed by atoms with Crippen LogP contribution in [0.15, 0.2) is 0 Å². The molecule has 0 aromatic heterocycles. The summed E-state index contributed by atoms with van der Waals surface area (Å²) in [4.78, 5) is 38.1. The average molecular weight is 343 g/mol. The number of hydrogen-bond donors (Lipinski definition) is 2. The number of ether oxygens (including phenoxy) is 1. The van der Waals surface area contributed by atoms with Crippen molar-refractivity contribution in [2.24, 2.45) is 11.8 Å². The predicted octanol–water partition coefficient (Wildman–Crippen LogP) is 1.76. The normalized spacial score (nSPS) is 14.8. The average Bonchev–Trinajstić information content (AvgIpc) is 2.50. The molecule has 0 fully saturated rings. The Bertz CT molecular complexity index is 438. The fourth-order valence-electron chi connectivity index (χ4n) is 2.31. The van der Waals surface area contributed by atoms with Gasteiger partial charge in [0.1, 0.15) is 18.2 Å². The van der Waals surface area contributed by atoms with Crippen LogP contribution in [-0.4, -0.2) is 55.1 Å². The molecule has 0 heterocycles. The number of carbonyl (C=O) groups excluding carboxylic acids is 3. The number of nitrogens with zero attached hydrogens (tertiary/aromatic N) is 1. The van der Waals surface area contributed by atoms with Gasteiger partial charge < -0.3 is 15.4 Å². The van der Waals surface area contributed by atoms with Gasteiger partial charge in [-0.3, -0.25) is 14.5 Å². The van der Waals surface area contributed by atoms with Gasteiger partial charge in [-0.2, -0.15) is 0 Å². The molecule has 0 aromatic carbocycles. The van der Waals surface area contributed by atoms with E-state index in [9.17, 15) is 14.4 Å². The first-order valence-electron chi connectivity index (χ1n) is 8.52. The summed E-state index contributed by atoms with van der Waals surface area (Å²) in [5.74, 6) is -0.822. The van der Waals surface area contributed by atoms with Crippen LogP contribution in [-0.2, 0) is 14.3 Å². The molecule has 3 amide bonds. The van der Waals surface area contributed by atoms with Crippen molar-refractivity contribution >= 4 is 17.9 Å². The number of likely N-dealkylation sites (N-methyl/N-ethyl adjacent to an activating group) is 2. The van der Waals surface area contributed by atoms with Crippen molar-refractivity contribution in [2.75, 3.05) is 14.1 Å². The second-order valence-corrected chi connectivity index (χ2v) is 6.75. The van der Waals surface area contributed by atoms with Crippen molar-refractivity contribution < 1.29 is 19.1 Å². The topological polar surface area (TPSA) is 87.7 Å². The molecule has 0 aliphatic carbocycles. The molecule has 0 unspecified atom stereocenters. The molecule has 140 valence electrons. The Balaban J connectivity index is 5.19. The van der Waals surface area contributed by atoms with Gasteiger partial charge >= 0.3 is 6.09 Å². The first kappa shape index (κ1) is 22.2. The van der Waals surface area contributed by atoms with Crippen LogP contribution in [0.25, 0.3) is 0 Å². The van der Waals surface area contributed by atoms with Crippen LogP contribution >= 0.6 is 0 Å². The van der Waals surface area contributed by atoms with E-state index in [0.29, 0.717) is 6.42 Å². The van der Waals surface area contributed by atoms with Gasteiger partial charge in [0.05, 0.1) is 0 Å². The second-order valence-electron chi connectivity index (χ2n) is 6.75. The molecule has 0 saturated carbocycles. The molecule has 0 saturated heterocycles. The van der Waals surface area contributed by atoms with Crippen molar-refractivity contribution in [3.63, 3.8) is 0 Å². The summed E-state index contributed by atoms with van der Waals surface area (Å²) in [6.45, 7) is 11.1. The minimum atomic E-state index is -0.715. The van der Waals surface area contributed by atoms with Crippen LogP contribution in [0.4, 0.5) is 4.79 Å². The van der Waals surface area contributed by atoms with E-state index in [0.717, 1.165) is 0 Å². The van der Waals surface area contributed by atoms with Crippen molar-refractivity contribution in [1.82, 2.24) is 15.5 Å². The van der Waals surface area contributed by atoms with E-state index in [4.69, 9.17) is 4.74 Å². The fourth-order valence-corrected chi connectivity index (χ4v) is 2.31. The molecular formula is C17H33N3O4. The molecule has 24 heavy (non-hydrogen) atoms. The third-order valence-electron chi connectivity index (χ3n) is 3.98. The maximum absolute atomic E-state index is 12.7. The summed E-state index contributed by atoms with van der Waals surface area (Å²) >= 11 is 0. The Morgan fingerprint density at radius 3 is 1.92 bits per heavy atom. The van der Waals surface area contributed by atoms with Crippen molar-refractivity contribution in [2.45, 2.75) is 66.2 Å². The van der Waals surface area contributed by atoms with E-state index in [-0.39, 0.29) is 29.8 Å². The van der Waals surface area contributed by atoms with Crippen LogP contribution in [0, 0.1) is 11.8 Å². The summed E-state index contributed by atoms with van der Waals surface area (Å²) in [6, 6.07) is -1.37.